The third kappa shape index (κ3) is 2.29. The van der Waals surface area contributed by atoms with E-state index >= 15 is 0 Å². The summed E-state index contributed by atoms with van der Waals surface area (Å²) in [7, 11) is 0. The average molecular weight is 321 g/mol. The summed E-state index contributed by atoms with van der Waals surface area (Å²) in [6, 6.07) is 15.5. The lowest BCUT2D eigenvalue weighted by atomic mass is 10.1. The molecule has 1 heterocycles. The molecule has 20 heavy (non-hydrogen) atoms. The van der Waals surface area contributed by atoms with E-state index in [1.807, 2.05) is 53.2 Å². The first-order valence-electron chi connectivity index (χ1n) is 5.98. The average Bonchev–Trinajstić information content (AvgIpc) is 2.85. The number of H-pyrrole nitrogens is 1. The van der Waals surface area contributed by atoms with E-state index in [0.29, 0.717) is 14.8 Å². The summed E-state index contributed by atoms with van der Waals surface area (Å²) in [6.07, 6.45) is 1.87. The minimum atomic E-state index is 0.488. The maximum atomic E-state index is 6.30. The summed E-state index contributed by atoms with van der Waals surface area (Å²) in [5.41, 5.74) is 2.76. The first kappa shape index (κ1) is 13.4. The number of imidazole rings is 1. The van der Waals surface area contributed by atoms with Crippen LogP contribution in [0.5, 0.6) is 0 Å². The highest BCUT2D eigenvalue weighted by Crippen LogP contribution is 2.32. The highest BCUT2D eigenvalue weighted by Gasteiger charge is 2.12. The van der Waals surface area contributed by atoms with Gasteiger partial charge in [0.05, 0.1) is 21.4 Å². The van der Waals surface area contributed by atoms with E-state index in [9.17, 15) is 0 Å². The molecule has 0 saturated carbocycles. The molecule has 3 aromatic rings. The summed E-state index contributed by atoms with van der Waals surface area (Å²) in [4.78, 5) is 3.06. The van der Waals surface area contributed by atoms with Gasteiger partial charge in [0.25, 0.3) is 0 Å². The van der Waals surface area contributed by atoms with E-state index in [1.54, 1.807) is 6.07 Å². The largest absolute Gasteiger partial charge is 0.336 e. The SMILES string of the molecule is S=c1[nH]cc(-c2ccccc2)n1-c1cccc(Cl)c1Cl. The van der Waals surface area contributed by atoms with Crippen LogP contribution in [0.25, 0.3) is 16.9 Å². The van der Waals surface area contributed by atoms with Crippen LogP contribution < -0.4 is 0 Å². The van der Waals surface area contributed by atoms with Gasteiger partial charge < -0.3 is 4.98 Å². The van der Waals surface area contributed by atoms with Crippen molar-refractivity contribution in [1.82, 2.24) is 9.55 Å². The normalized spacial score (nSPS) is 10.7. The molecule has 2 aromatic carbocycles. The monoisotopic (exact) mass is 320 g/mol. The zero-order valence-corrected chi connectivity index (χ0v) is 12.6. The van der Waals surface area contributed by atoms with Gasteiger partial charge in [0.2, 0.25) is 0 Å². The molecule has 100 valence electrons. The highest BCUT2D eigenvalue weighted by atomic mass is 35.5. The van der Waals surface area contributed by atoms with E-state index in [4.69, 9.17) is 35.4 Å². The second-order valence-corrected chi connectivity index (χ2v) is 5.43. The van der Waals surface area contributed by atoms with Crippen molar-refractivity contribution in [2.45, 2.75) is 0 Å². The summed E-state index contributed by atoms with van der Waals surface area (Å²) in [5.74, 6) is 0. The third-order valence-electron chi connectivity index (χ3n) is 3.02. The van der Waals surface area contributed by atoms with Gasteiger partial charge in [-0.1, -0.05) is 59.6 Å². The van der Waals surface area contributed by atoms with Crippen LogP contribution in [0.3, 0.4) is 0 Å². The van der Waals surface area contributed by atoms with Crippen molar-refractivity contribution in [2.24, 2.45) is 0 Å². The van der Waals surface area contributed by atoms with Crippen LogP contribution in [0.2, 0.25) is 10.0 Å². The summed E-state index contributed by atoms with van der Waals surface area (Å²) >= 11 is 17.8. The third-order valence-corrected chi connectivity index (χ3v) is 4.13. The van der Waals surface area contributed by atoms with Crippen LogP contribution in [-0.2, 0) is 0 Å². The lowest BCUT2D eigenvalue weighted by Gasteiger charge is -2.11. The molecule has 1 aromatic heterocycles. The molecule has 0 radical (unpaired) electrons. The number of nitrogens with one attached hydrogen (secondary N) is 1. The molecule has 1 N–H and O–H groups in total. The molecule has 0 aliphatic rings. The van der Waals surface area contributed by atoms with E-state index in [2.05, 4.69) is 4.98 Å². The Bertz CT molecular complexity index is 806. The maximum absolute atomic E-state index is 6.30. The van der Waals surface area contributed by atoms with Crippen molar-refractivity contribution in [3.63, 3.8) is 0 Å². The number of nitrogens with zero attached hydrogens (tertiary/aromatic N) is 1. The van der Waals surface area contributed by atoms with Crippen LogP contribution in [0.1, 0.15) is 0 Å². The first-order chi connectivity index (χ1) is 9.68. The van der Waals surface area contributed by atoms with Crippen LogP contribution in [0.4, 0.5) is 0 Å². The Kier molecular flexibility index (Phi) is 3.66. The quantitative estimate of drug-likeness (QED) is 0.617. The van der Waals surface area contributed by atoms with Crippen LogP contribution in [0, 0.1) is 4.77 Å². The second kappa shape index (κ2) is 5.44. The predicted octanol–water partition coefficient (Wildman–Crippen LogP) is 5.51. The molecule has 0 bridgehead atoms. The van der Waals surface area contributed by atoms with Gasteiger partial charge in [0, 0.05) is 11.8 Å². The highest BCUT2D eigenvalue weighted by molar-refractivity contribution is 7.71. The summed E-state index contributed by atoms with van der Waals surface area (Å²) in [5, 5.41) is 0.994. The van der Waals surface area contributed by atoms with E-state index < -0.39 is 0 Å². The zero-order valence-electron chi connectivity index (χ0n) is 10.3. The van der Waals surface area contributed by atoms with Crippen LogP contribution in [-0.4, -0.2) is 9.55 Å². The zero-order chi connectivity index (χ0) is 14.1. The molecular weight excluding hydrogens is 311 g/mol. The minimum Gasteiger partial charge on any atom is -0.336 e. The molecule has 5 heteroatoms. The van der Waals surface area contributed by atoms with Crippen molar-refractivity contribution < 1.29 is 0 Å². The topological polar surface area (TPSA) is 20.7 Å². The van der Waals surface area contributed by atoms with E-state index in [-0.39, 0.29) is 0 Å². The maximum Gasteiger partial charge on any atom is 0.182 e. The second-order valence-electron chi connectivity index (χ2n) is 4.25. The molecule has 2 nitrogen and oxygen atoms in total. The van der Waals surface area contributed by atoms with Gasteiger partial charge in [-0.25, -0.2) is 0 Å². The number of halogens is 2. The molecule has 0 spiro atoms. The standard InChI is InChI=1S/C15H10Cl2N2S/c16-11-7-4-8-12(14(11)17)19-13(9-18-15(19)20)10-5-2-1-3-6-10/h1-9H,(H,18,20). The summed E-state index contributed by atoms with van der Waals surface area (Å²) < 4.78 is 2.46. The number of hydrogen-bond acceptors (Lipinski definition) is 1. The fourth-order valence-electron chi connectivity index (χ4n) is 2.09. The molecule has 0 aliphatic carbocycles. The number of aromatic nitrogens is 2. The van der Waals surface area contributed by atoms with Crippen molar-refractivity contribution in [3.8, 4) is 16.9 Å². The Morgan fingerprint density at radius 3 is 2.45 bits per heavy atom. The van der Waals surface area contributed by atoms with E-state index in [0.717, 1.165) is 16.9 Å². The van der Waals surface area contributed by atoms with E-state index in [1.165, 1.54) is 0 Å². The molecule has 0 amide bonds. The fourth-order valence-corrected chi connectivity index (χ4v) is 2.73. The molecule has 0 saturated heterocycles. The van der Waals surface area contributed by atoms with Crippen molar-refractivity contribution >= 4 is 35.4 Å². The smallest absolute Gasteiger partial charge is 0.182 e. The Hall–Kier alpha value is -1.55. The number of aromatic amines is 1. The van der Waals surface area contributed by atoms with Gasteiger partial charge in [-0.05, 0) is 24.4 Å². The van der Waals surface area contributed by atoms with Crippen molar-refractivity contribution in [3.05, 3.63) is 69.5 Å². The van der Waals surface area contributed by atoms with Gasteiger partial charge in [-0.2, -0.15) is 0 Å². The fraction of sp³-hybridized carbons (Fsp3) is 0. The van der Waals surface area contributed by atoms with Crippen LogP contribution >= 0.6 is 35.4 Å². The molecule has 0 unspecified atom stereocenters. The number of rotatable bonds is 2. The minimum absolute atomic E-state index is 0.488. The Balaban J connectivity index is 2.28. The Labute approximate surface area is 131 Å². The van der Waals surface area contributed by atoms with Gasteiger partial charge in [0.1, 0.15) is 0 Å². The Morgan fingerprint density at radius 1 is 0.950 bits per heavy atom. The first-order valence-corrected chi connectivity index (χ1v) is 7.15. The lowest BCUT2D eigenvalue weighted by Crippen LogP contribution is -1.98. The predicted molar refractivity (Wildman–Crippen MR) is 86.4 cm³/mol. The molecular formula is C15H10Cl2N2S. The number of hydrogen-bond donors (Lipinski definition) is 1. The number of benzene rings is 2. The van der Waals surface area contributed by atoms with Gasteiger partial charge in [-0.15, -0.1) is 0 Å². The lowest BCUT2D eigenvalue weighted by molar-refractivity contribution is 1.04. The van der Waals surface area contributed by atoms with Crippen molar-refractivity contribution in [2.75, 3.05) is 0 Å². The van der Waals surface area contributed by atoms with Gasteiger partial charge >= 0.3 is 0 Å². The van der Waals surface area contributed by atoms with Gasteiger partial charge in [0.15, 0.2) is 4.77 Å². The molecule has 0 fully saturated rings. The molecule has 0 atom stereocenters. The van der Waals surface area contributed by atoms with Crippen molar-refractivity contribution in [1.29, 1.82) is 0 Å². The summed E-state index contributed by atoms with van der Waals surface area (Å²) in [6.45, 7) is 0. The molecule has 0 aliphatic heterocycles. The molecule has 3 rings (SSSR count). The Morgan fingerprint density at radius 2 is 1.70 bits per heavy atom. The van der Waals surface area contributed by atoms with Gasteiger partial charge in [-0.3, -0.25) is 4.57 Å². The van der Waals surface area contributed by atoms with Crippen LogP contribution in [0.15, 0.2) is 54.7 Å².